The third-order valence-corrected chi connectivity index (χ3v) is 5.61. The van der Waals surface area contributed by atoms with Crippen molar-refractivity contribution in [2.24, 2.45) is 0 Å². The first-order valence-electron chi connectivity index (χ1n) is 6.07. The van der Waals surface area contributed by atoms with Gasteiger partial charge in [0.25, 0.3) is 0 Å². The van der Waals surface area contributed by atoms with Gasteiger partial charge in [0.2, 0.25) is 0 Å². The Morgan fingerprint density at radius 2 is 1.21 bits per heavy atom. The van der Waals surface area contributed by atoms with Gasteiger partial charge in [-0.15, -0.1) is 0 Å². The molecule has 0 spiro atoms. The molecule has 0 saturated heterocycles. The molecule has 0 atom stereocenters. The van der Waals surface area contributed by atoms with Gasteiger partial charge >= 0.3 is 85.8 Å². The van der Waals surface area contributed by atoms with E-state index in [1.165, 1.54) is 4.41 Å². The first kappa shape index (κ1) is 28.0. The van der Waals surface area contributed by atoms with Crippen molar-refractivity contribution in [3.05, 3.63) is 38.6 Å². The third-order valence-electron chi connectivity index (χ3n) is 1.50. The molecule has 0 aromatic heterocycles. The van der Waals surface area contributed by atoms with E-state index in [0.717, 1.165) is 6.42 Å². The Morgan fingerprint density at radius 3 is 1.32 bits per heavy atom. The summed E-state index contributed by atoms with van der Waals surface area (Å²) in [4.78, 5) is 0. The van der Waals surface area contributed by atoms with Crippen LogP contribution in [0.3, 0.4) is 0 Å². The SMILES string of the molecule is C[N-]C.C[N-]C.C[N-]C.[CH3][Ge]([CH3])([CH3])[C]1=[C-]CC=C1.[Zr+4]. The van der Waals surface area contributed by atoms with Crippen LogP contribution in [0.5, 0.6) is 0 Å². The Bertz CT molecular complexity index is 206. The molecule has 110 valence electrons. The molecule has 0 fully saturated rings. The molecule has 0 saturated carbocycles. The fourth-order valence-corrected chi connectivity index (χ4v) is 3.54. The van der Waals surface area contributed by atoms with Crippen LogP contribution >= 0.6 is 0 Å². The van der Waals surface area contributed by atoms with Gasteiger partial charge in [0.1, 0.15) is 0 Å². The molecular formula is C14H31GeN3Zr. The fraction of sp³-hybridized carbons (Fsp3) is 0.714. The molecule has 0 unspecified atom stereocenters. The summed E-state index contributed by atoms with van der Waals surface area (Å²) < 4.78 is 1.54. The average Bonchev–Trinajstić information content (AvgIpc) is 2.72. The van der Waals surface area contributed by atoms with Crippen LogP contribution in [0.2, 0.25) is 17.3 Å². The van der Waals surface area contributed by atoms with Gasteiger partial charge in [-0.3, -0.25) is 0 Å². The third kappa shape index (κ3) is 27.9. The molecule has 0 radical (unpaired) electrons. The van der Waals surface area contributed by atoms with Gasteiger partial charge in [-0.1, -0.05) is 0 Å². The van der Waals surface area contributed by atoms with Gasteiger partial charge in [-0.05, 0) is 0 Å². The molecule has 5 heteroatoms. The Kier molecular flexibility index (Phi) is 31.1. The van der Waals surface area contributed by atoms with E-state index < -0.39 is 13.3 Å². The van der Waals surface area contributed by atoms with Gasteiger partial charge < -0.3 is 16.0 Å². The summed E-state index contributed by atoms with van der Waals surface area (Å²) in [6, 6.07) is 0. The number of rotatable bonds is 1. The van der Waals surface area contributed by atoms with Crippen molar-refractivity contribution in [2.75, 3.05) is 42.3 Å². The molecule has 0 aliphatic heterocycles. The summed E-state index contributed by atoms with van der Waals surface area (Å²) in [6.07, 6.45) is 8.89. The van der Waals surface area contributed by atoms with Crippen molar-refractivity contribution in [2.45, 2.75) is 23.7 Å². The van der Waals surface area contributed by atoms with Crippen LogP contribution in [0.25, 0.3) is 16.0 Å². The largest absolute Gasteiger partial charge is 4.00 e. The molecule has 0 heterocycles. The smallest absolute Gasteiger partial charge is 4.00 e. The molecule has 0 N–H and O–H groups in total. The zero-order chi connectivity index (χ0) is 15.0. The van der Waals surface area contributed by atoms with Crippen molar-refractivity contribution < 1.29 is 26.2 Å². The summed E-state index contributed by atoms with van der Waals surface area (Å²) in [6.45, 7) is 0. The Hall–Kier alpha value is 0.786. The van der Waals surface area contributed by atoms with Crippen molar-refractivity contribution in [1.29, 1.82) is 0 Å². The Morgan fingerprint density at radius 1 is 0.895 bits per heavy atom. The summed E-state index contributed by atoms with van der Waals surface area (Å²) in [5.41, 5.74) is 0. The van der Waals surface area contributed by atoms with E-state index in [9.17, 15) is 0 Å². The van der Waals surface area contributed by atoms with E-state index in [4.69, 9.17) is 0 Å². The van der Waals surface area contributed by atoms with E-state index in [0.29, 0.717) is 0 Å². The quantitative estimate of drug-likeness (QED) is 0.458. The van der Waals surface area contributed by atoms with Crippen LogP contribution in [-0.4, -0.2) is 55.6 Å². The molecule has 19 heavy (non-hydrogen) atoms. The second-order valence-electron chi connectivity index (χ2n) is 4.79. The molecule has 1 rings (SSSR count). The van der Waals surface area contributed by atoms with Crippen LogP contribution in [-0.2, 0) is 26.2 Å². The zero-order valence-corrected chi connectivity index (χ0v) is 18.8. The van der Waals surface area contributed by atoms with Crippen molar-refractivity contribution >= 4 is 13.3 Å². The standard InChI is InChI=1S/C8H13Ge.3C2H6N.Zr/c1-9(2,3)8-6-4-5-7-8;3*1-3-2;/h4,6H,5H2,1-3H3;3*1-2H3;/q4*-1;+4. The maximum atomic E-state index is 3.50. The number of hydrogen-bond donors (Lipinski definition) is 0. The summed E-state index contributed by atoms with van der Waals surface area (Å²) >= 11 is -1.46. The molecule has 0 aromatic rings. The second kappa shape index (κ2) is 21.1. The Balaban J connectivity index is -0.0000000956. The van der Waals surface area contributed by atoms with E-state index in [1.54, 1.807) is 42.3 Å². The predicted molar refractivity (Wildman–Crippen MR) is 89.5 cm³/mol. The van der Waals surface area contributed by atoms with E-state index in [-0.39, 0.29) is 26.2 Å². The molecule has 0 amide bonds. The molecule has 1 aliphatic carbocycles. The van der Waals surface area contributed by atoms with Gasteiger partial charge in [0.05, 0.1) is 0 Å². The molecule has 1 aliphatic rings. The van der Waals surface area contributed by atoms with Gasteiger partial charge in [0, 0.05) is 0 Å². The topological polar surface area (TPSA) is 42.3 Å². The predicted octanol–water partition coefficient (Wildman–Crippen LogP) is 4.41. The minimum absolute atomic E-state index is 0. The fourth-order valence-electron chi connectivity index (χ4n) is 0.920. The second-order valence-corrected chi connectivity index (χ2v) is 15.4. The average molecular weight is 405 g/mol. The Labute approximate surface area is 143 Å². The van der Waals surface area contributed by atoms with Gasteiger partial charge in [-0.25, -0.2) is 0 Å². The van der Waals surface area contributed by atoms with Crippen LogP contribution < -0.4 is 0 Å². The first-order valence-corrected chi connectivity index (χ1v) is 13.4. The van der Waals surface area contributed by atoms with Crippen LogP contribution in [0.15, 0.2) is 16.6 Å². The van der Waals surface area contributed by atoms with Crippen LogP contribution in [0.1, 0.15) is 6.42 Å². The first-order chi connectivity index (χ1) is 8.35. The number of hydrogen-bond acceptors (Lipinski definition) is 0. The van der Waals surface area contributed by atoms with Crippen molar-refractivity contribution in [3.63, 3.8) is 0 Å². The minimum atomic E-state index is -1.46. The normalized spacial score (nSPS) is 11.5. The number of nitrogens with zero attached hydrogens (tertiary/aromatic N) is 3. The van der Waals surface area contributed by atoms with Crippen molar-refractivity contribution in [3.8, 4) is 0 Å². The monoisotopic (exact) mass is 405 g/mol. The maximum absolute atomic E-state index is 3.50. The van der Waals surface area contributed by atoms with E-state index in [2.05, 4.69) is 51.4 Å². The van der Waals surface area contributed by atoms with Crippen LogP contribution in [0.4, 0.5) is 0 Å². The number of allylic oxidation sites excluding steroid dienone is 4. The molecule has 3 nitrogen and oxygen atoms in total. The molecule has 0 bridgehead atoms. The van der Waals surface area contributed by atoms with Crippen LogP contribution in [0, 0.1) is 6.08 Å². The van der Waals surface area contributed by atoms with Gasteiger partial charge in [-0.2, -0.15) is 42.3 Å². The molecular weight excluding hydrogens is 374 g/mol. The van der Waals surface area contributed by atoms with E-state index >= 15 is 0 Å². The zero-order valence-electron chi connectivity index (χ0n) is 14.2. The van der Waals surface area contributed by atoms with E-state index in [1.807, 2.05) is 0 Å². The minimum Gasteiger partial charge on any atom is 4.00 e. The maximum Gasteiger partial charge on any atom is 4.00 e. The molecule has 0 aromatic carbocycles. The summed E-state index contributed by atoms with van der Waals surface area (Å²) in [5, 5.41) is 10.5. The summed E-state index contributed by atoms with van der Waals surface area (Å²) in [5.74, 6) is 7.20. The summed E-state index contributed by atoms with van der Waals surface area (Å²) in [7, 11) is 10.5. The van der Waals surface area contributed by atoms with Gasteiger partial charge in [0.15, 0.2) is 0 Å². The van der Waals surface area contributed by atoms with Crippen molar-refractivity contribution in [1.82, 2.24) is 0 Å².